The van der Waals surface area contributed by atoms with Crippen molar-refractivity contribution in [3.05, 3.63) is 40.8 Å². The molecular weight excluding hydrogens is 450 g/mol. The number of aromatic nitrogens is 2. The Bertz CT molecular complexity index is 1080. The van der Waals surface area contributed by atoms with Crippen molar-refractivity contribution in [2.45, 2.75) is 51.5 Å². The Morgan fingerprint density at radius 3 is 2.16 bits per heavy atom. The Morgan fingerprint density at radius 1 is 1.16 bits per heavy atom. The molecule has 0 aliphatic rings. The van der Waals surface area contributed by atoms with E-state index in [9.17, 15) is 22.4 Å². The minimum Gasteiger partial charge on any atom is -1.00 e. The van der Waals surface area contributed by atoms with Crippen LogP contribution in [0.5, 0.6) is 0 Å². The van der Waals surface area contributed by atoms with Gasteiger partial charge in [0.25, 0.3) is 10.0 Å². The number of ether oxygens (including phenoxy) is 1. The largest absolute Gasteiger partial charge is 1.00 e. The van der Waals surface area contributed by atoms with E-state index < -0.39 is 32.9 Å². The Hall–Kier alpha value is -1.95. The summed E-state index contributed by atoms with van der Waals surface area (Å²) in [4.78, 5) is 24.4. The number of hydrogen-bond donors (Lipinski definition) is 2. The van der Waals surface area contributed by atoms with Gasteiger partial charge in [-0.3, -0.25) is 4.68 Å². The van der Waals surface area contributed by atoms with Gasteiger partial charge in [-0.15, -0.1) is 0 Å². The number of urea groups is 1. The summed E-state index contributed by atoms with van der Waals surface area (Å²) < 4.78 is 47.1. The van der Waals surface area contributed by atoms with Gasteiger partial charge >= 0.3 is 41.6 Å². The summed E-state index contributed by atoms with van der Waals surface area (Å²) in [6, 6.07) is 2.61. The van der Waals surface area contributed by atoms with Crippen LogP contribution < -0.4 is 39.6 Å². The summed E-state index contributed by atoms with van der Waals surface area (Å²) in [6.07, 6.45) is 0. The summed E-state index contributed by atoms with van der Waals surface area (Å²) in [7, 11) is -3.00. The number of nitrogens with zero attached hydrogens (tertiary/aromatic N) is 2. The standard InChI is InChI=1S/C20H27FN4O5S.Na.H/c1-7-30-19(26)16-10-17(23-25(16)6)31(28,29)24-20(27)22-18-14(11(2)3)8-13(21)9-15(18)12(4)5;;/h8-12H,7H2,1-6H3,(H2,22,24,27);;/q;+1;-1. The first kappa shape index (κ1) is 28.1. The van der Waals surface area contributed by atoms with Crippen LogP contribution >= 0.6 is 0 Å². The molecule has 0 aliphatic carbocycles. The Labute approximate surface area is 210 Å². The zero-order valence-corrected chi connectivity index (χ0v) is 22.1. The van der Waals surface area contributed by atoms with Crippen molar-refractivity contribution in [1.82, 2.24) is 14.5 Å². The number of aryl methyl sites for hydroxylation is 1. The van der Waals surface area contributed by atoms with E-state index in [1.807, 2.05) is 32.4 Å². The second-order valence-corrected chi connectivity index (χ2v) is 9.17. The molecule has 9 nitrogen and oxygen atoms in total. The second kappa shape index (κ2) is 11.3. The molecule has 1 heterocycles. The first-order chi connectivity index (χ1) is 14.4. The maximum Gasteiger partial charge on any atom is 1.00 e. The first-order valence-electron chi connectivity index (χ1n) is 9.75. The number of nitrogens with one attached hydrogen (secondary N) is 2. The van der Waals surface area contributed by atoms with Crippen LogP contribution in [-0.2, 0) is 21.8 Å². The quantitative estimate of drug-likeness (QED) is 0.445. The number of benzene rings is 1. The predicted octanol–water partition coefficient (Wildman–Crippen LogP) is 0.610. The van der Waals surface area contributed by atoms with Crippen molar-refractivity contribution in [2.24, 2.45) is 7.05 Å². The molecule has 0 spiro atoms. The van der Waals surface area contributed by atoms with Crippen LogP contribution in [0, 0.1) is 5.82 Å². The normalized spacial score (nSPS) is 11.3. The third-order valence-corrected chi connectivity index (χ3v) is 5.70. The summed E-state index contributed by atoms with van der Waals surface area (Å²) in [6.45, 7) is 9.07. The number of hydrogen-bond acceptors (Lipinski definition) is 6. The third-order valence-electron chi connectivity index (χ3n) is 4.49. The molecular formula is C20H28FN4NaO5S. The molecule has 0 aliphatic heterocycles. The molecule has 0 bridgehead atoms. The van der Waals surface area contributed by atoms with Gasteiger partial charge in [0, 0.05) is 18.8 Å². The Balaban J connectivity index is 0.00000512. The van der Waals surface area contributed by atoms with Crippen LogP contribution in [0.15, 0.2) is 23.2 Å². The van der Waals surface area contributed by atoms with E-state index in [2.05, 4.69) is 10.4 Å². The van der Waals surface area contributed by atoms with Crippen molar-refractivity contribution in [2.75, 3.05) is 11.9 Å². The van der Waals surface area contributed by atoms with Gasteiger partial charge in [-0.1, -0.05) is 27.7 Å². The summed E-state index contributed by atoms with van der Waals surface area (Å²) in [5.74, 6) is -1.42. The maximum absolute atomic E-state index is 14.0. The predicted molar refractivity (Wildman–Crippen MR) is 114 cm³/mol. The van der Waals surface area contributed by atoms with Gasteiger partial charge in [0.1, 0.15) is 11.5 Å². The molecule has 12 heteroatoms. The van der Waals surface area contributed by atoms with Crippen LogP contribution in [0.2, 0.25) is 0 Å². The number of carbonyl (C=O) groups excluding carboxylic acids is 2. The molecule has 0 unspecified atom stereocenters. The molecule has 0 fully saturated rings. The van der Waals surface area contributed by atoms with Crippen molar-refractivity contribution < 1.29 is 58.1 Å². The number of carbonyl (C=O) groups is 2. The zero-order valence-electron chi connectivity index (χ0n) is 20.3. The van der Waals surface area contributed by atoms with Crippen LogP contribution in [-0.4, -0.2) is 36.8 Å². The molecule has 1 aromatic carbocycles. The summed E-state index contributed by atoms with van der Waals surface area (Å²) in [5, 5.41) is 5.81. The molecule has 1 aromatic heterocycles. The van der Waals surface area contributed by atoms with Crippen LogP contribution in [0.1, 0.15) is 69.5 Å². The van der Waals surface area contributed by atoms with E-state index in [1.165, 1.54) is 19.2 Å². The average molecular weight is 479 g/mol. The fourth-order valence-corrected chi connectivity index (χ4v) is 3.88. The van der Waals surface area contributed by atoms with Crippen LogP contribution in [0.25, 0.3) is 0 Å². The minimum atomic E-state index is -4.38. The second-order valence-electron chi connectivity index (χ2n) is 7.54. The maximum atomic E-state index is 14.0. The molecule has 0 saturated carbocycles. The van der Waals surface area contributed by atoms with Gasteiger partial charge in [-0.25, -0.2) is 18.7 Å². The molecule has 172 valence electrons. The molecule has 2 rings (SSSR count). The van der Waals surface area contributed by atoms with Gasteiger partial charge in [-0.2, -0.15) is 13.5 Å². The van der Waals surface area contributed by atoms with E-state index in [4.69, 9.17) is 4.74 Å². The smallest absolute Gasteiger partial charge is 1.00 e. The zero-order chi connectivity index (χ0) is 23.5. The van der Waals surface area contributed by atoms with Gasteiger partial charge in [0.15, 0.2) is 5.03 Å². The van der Waals surface area contributed by atoms with E-state index in [0.717, 1.165) is 10.7 Å². The van der Waals surface area contributed by atoms with E-state index in [0.29, 0.717) is 16.8 Å². The van der Waals surface area contributed by atoms with Crippen molar-refractivity contribution in [3.8, 4) is 0 Å². The van der Waals surface area contributed by atoms with E-state index in [1.54, 1.807) is 6.92 Å². The molecule has 0 atom stereocenters. The molecule has 0 saturated heterocycles. The fraction of sp³-hybridized carbons (Fsp3) is 0.450. The van der Waals surface area contributed by atoms with Crippen molar-refractivity contribution in [1.29, 1.82) is 0 Å². The van der Waals surface area contributed by atoms with Crippen molar-refractivity contribution in [3.63, 3.8) is 0 Å². The van der Waals surface area contributed by atoms with Gasteiger partial charge in [0.05, 0.1) is 6.61 Å². The number of rotatable bonds is 7. The molecule has 32 heavy (non-hydrogen) atoms. The van der Waals surface area contributed by atoms with Crippen LogP contribution in [0.4, 0.5) is 14.9 Å². The monoisotopic (exact) mass is 478 g/mol. The van der Waals surface area contributed by atoms with E-state index in [-0.39, 0.29) is 55.1 Å². The number of anilines is 1. The Morgan fingerprint density at radius 2 is 1.69 bits per heavy atom. The minimum absolute atomic E-state index is 0. The number of halogens is 1. The van der Waals surface area contributed by atoms with Crippen molar-refractivity contribution >= 4 is 27.7 Å². The molecule has 2 aromatic rings. The third kappa shape index (κ3) is 6.53. The molecule has 2 N–H and O–H groups in total. The summed E-state index contributed by atoms with van der Waals surface area (Å²) in [5.41, 5.74) is 1.36. The van der Waals surface area contributed by atoms with E-state index >= 15 is 0 Å². The molecule has 0 radical (unpaired) electrons. The molecule has 2 amide bonds. The van der Waals surface area contributed by atoms with Gasteiger partial charge in [-0.05, 0) is 42.0 Å². The van der Waals surface area contributed by atoms with Crippen LogP contribution in [0.3, 0.4) is 0 Å². The van der Waals surface area contributed by atoms with Gasteiger partial charge < -0.3 is 11.5 Å². The average Bonchev–Trinajstić information content (AvgIpc) is 3.05. The first-order valence-corrected chi connectivity index (χ1v) is 11.2. The fourth-order valence-electron chi connectivity index (χ4n) is 2.99. The number of amides is 2. The topological polar surface area (TPSA) is 119 Å². The SMILES string of the molecule is CCOC(=O)c1cc(S(=O)(=O)NC(=O)Nc2c(C(C)C)cc(F)cc2C(C)C)nn1C.[H-].[Na+]. The summed E-state index contributed by atoms with van der Waals surface area (Å²) >= 11 is 0. The Kier molecular flexibility index (Phi) is 9.88. The van der Waals surface area contributed by atoms with Gasteiger partial charge in [0.2, 0.25) is 0 Å². The number of sulfonamides is 1. The number of esters is 1.